The van der Waals surface area contributed by atoms with E-state index in [2.05, 4.69) is 10.3 Å². The molecule has 2 amide bonds. The van der Waals surface area contributed by atoms with Gasteiger partial charge in [-0.3, -0.25) is 19.1 Å². The van der Waals surface area contributed by atoms with Crippen molar-refractivity contribution in [1.29, 1.82) is 0 Å². The molecule has 1 aromatic heterocycles. The molecule has 0 aliphatic carbocycles. The van der Waals surface area contributed by atoms with Crippen LogP contribution in [0.1, 0.15) is 42.1 Å². The smallest absolute Gasteiger partial charge is 0.414 e. The molecular formula is C21H23FN4O6. The van der Waals surface area contributed by atoms with Gasteiger partial charge in [-0.15, -0.1) is 0 Å². The van der Waals surface area contributed by atoms with Crippen LogP contribution in [-0.4, -0.2) is 46.4 Å². The molecular weight excluding hydrogens is 423 g/mol. The van der Waals surface area contributed by atoms with Gasteiger partial charge in [0, 0.05) is 19.7 Å². The predicted octanol–water partition coefficient (Wildman–Crippen LogP) is 1.63. The van der Waals surface area contributed by atoms with Gasteiger partial charge in [0.2, 0.25) is 5.75 Å². The number of anilines is 1. The largest absolute Gasteiger partial charge is 0.501 e. The number of nitrogens with one attached hydrogen (secondary N) is 1. The molecule has 0 saturated carbocycles. The van der Waals surface area contributed by atoms with E-state index in [0.717, 1.165) is 0 Å². The van der Waals surface area contributed by atoms with Crippen molar-refractivity contribution >= 4 is 17.7 Å². The molecule has 0 radical (unpaired) electrons. The molecule has 1 aromatic carbocycles. The summed E-state index contributed by atoms with van der Waals surface area (Å²) in [5.41, 5.74) is -1.36. The monoisotopic (exact) mass is 446 g/mol. The van der Waals surface area contributed by atoms with Crippen LogP contribution in [0.2, 0.25) is 0 Å². The quantitative estimate of drug-likeness (QED) is 0.732. The number of hydrogen-bond donors (Lipinski definition) is 2. The van der Waals surface area contributed by atoms with E-state index >= 15 is 0 Å². The van der Waals surface area contributed by atoms with Gasteiger partial charge < -0.3 is 19.9 Å². The Labute approximate surface area is 182 Å². The van der Waals surface area contributed by atoms with Crippen LogP contribution in [-0.2, 0) is 28.2 Å². The molecule has 0 atom stereocenters. The Morgan fingerprint density at radius 1 is 1.28 bits per heavy atom. The maximum Gasteiger partial charge on any atom is 0.414 e. The van der Waals surface area contributed by atoms with Gasteiger partial charge in [-0.1, -0.05) is 6.07 Å². The zero-order valence-electron chi connectivity index (χ0n) is 17.7. The van der Waals surface area contributed by atoms with Crippen molar-refractivity contribution in [2.45, 2.75) is 39.0 Å². The third-order valence-electron chi connectivity index (χ3n) is 5.43. The van der Waals surface area contributed by atoms with Crippen LogP contribution in [0.5, 0.6) is 5.75 Å². The lowest BCUT2D eigenvalue weighted by Crippen LogP contribution is -2.36. The normalized spacial score (nSPS) is 17.5. The van der Waals surface area contributed by atoms with Crippen molar-refractivity contribution in [2.24, 2.45) is 0 Å². The number of rotatable bonds is 4. The topological polar surface area (TPSA) is 123 Å². The number of amides is 2. The van der Waals surface area contributed by atoms with E-state index in [0.29, 0.717) is 25.1 Å². The third kappa shape index (κ3) is 3.91. The van der Waals surface area contributed by atoms with Crippen molar-refractivity contribution < 1.29 is 28.6 Å². The predicted molar refractivity (Wildman–Crippen MR) is 110 cm³/mol. The minimum atomic E-state index is -0.932. The van der Waals surface area contributed by atoms with E-state index in [4.69, 9.17) is 9.47 Å². The first-order valence-corrected chi connectivity index (χ1v) is 10.2. The average Bonchev–Trinajstić information content (AvgIpc) is 3.11. The molecule has 0 spiro atoms. The Kier molecular flexibility index (Phi) is 5.59. The lowest BCUT2D eigenvalue weighted by molar-refractivity contribution is -0.0227. The fourth-order valence-electron chi connectivity index (χ4n) is 3.79. The van der Waals surface area contributed by atoms with Crippen LogP contribution in [0.3, 0.4) is 0 Å². The highest BCUT2D eigenvalue weighted by Gasteiger charge is 2.33. The van der Waals surface area contributed by atoms with Crippen molar-refractivity contribution in [1.82, 2.24) is 14.9 Å². The van der Waals surface area contributed by atoms with Crippen LogP contribution in [0.4, 0.5) is 14.9 Å². The SMILES string of the molecule is CC1(C)OCCCn2c1nc(C(=O)NCc1ccc(F)cc1N1CCOC1=O)c(O)c2=O. The zero-order chi connectivity index (χ0) is 23.0. The lowest BCUT2D eigenvalue weighted by atomic mass is 10.1. The summed E-state index contributed by atoms with van der Waals surface area (Å²) in [4.78, 5) is 43.0. The summed E-state index contributed by atoms with van der Waals surface area (Å²) in [7, 11) is 0. The average molecular weight is 446 g/mol. The number of hydrogen-bond acceptors (Lipinski definition) is 7. The summed E-state index contributed by atoms with van der Waals surface area (Å²) in [6, 6.07) is 3.82. The van der Waals surface area contributed by atoms with E-state index < -0.39 is 40.4 Å². The number of benzene rings is 1. The summed E-state index contributed by atoms with van der Waals surface area (Å²) in [6.07, 6.45) is -0.0431. The van der Waals surface area contributed by atoms with Gasteiger partial charge >= 0.3 is 6.09 Å². The molecule has 3 heterocycles. The molecule has 2 aliphatic rings. The lowest BCUT2D eigenvalue weighted by Gasteiger charge is -2.25. The second-order valence-corrected chi connectivity index (χ2v) is 8.02. The van der Waals surface area contributed by atoms with Gasteiger partial charge in [0.05, 0.1) is 12.2 Å². The summed E-state index contributed by atoms with van der Waals surface area (Å²) in [5, 5.41) is 12.9. The Morgan fingerprint density at radius 3 is 2.78 bits per heavy atom. The third-order valence-corrected chi connectivity index (χ3v) is 5.43. The van der Waals surface area contributed by atoms with Gasteiger partial charge in [-0.25, -0.2) is 14.2 Å². The highest BCUT2D eigenvalue weighted by molar-refractivity contribution is 5.95. The molecule has 1 fully saturated rings. The van der Waals surface area contributed by atoms with Crippen LogP contribution in [0, 0.1) is 5.82 Å². The number of ether oxygens (including phenoxy) is 2. The molecule has 170 valence electrons. The zero-order valence-corrected chi connectivity index (χ0v) is 17.7. The number of halogens is 1. The van der Waals surface area contributed by atoms with Crippen molar-refractivity contribution in [3.05, 3.63) is 51.5 Å². The molecule has 2 aromatic rings. The van der Waals surface area contributed by atoms with Gasteiger partial charge in [0.15, 0.2) is 5.69 Å². The second kappa shape index (κ2) is 8.23. The number of aromatic hydroxyl groups is 1. The maximum absolute atomic E-state index is 13.8. The molecule has 32 heavy (non-hydrogen) atoms. The first kappa shape index (κ1) is 21.8. The molecule has 11 heteroatoms. The molecule has 4 rings (SSSR count). The summed E-state index contributed by atoms with van der Waals surface area (Å²) >= 11 is 0. The van der Waals surface area contributed by atoms with Crippen molar-refractivity contribution in [3.63, 3.8) is 0 Å². The highest BCUT2D eigenvalue weighted by atomic mass is 19.1. The fraction of sp³-hybridized carbons (Fsp3) is 0.429. The van der Waals surface area contributed by atoms with Crippen molar-refractivity contribution in [2.75, 3.05) is 24.7 Å². The van der Waals surface area contributed by atoms with Crippen LogP contribution < -0.4 is 15.8 Å². The van der Waals surface area contributed by atoms with Crippen LogP contribution in [0.15, 0.2) is 23.0 Å². The molecule has 0 unspecified atom stereocenters. The van der Waals surface area contributed by atoms with Crippen molar-refractivity contribution in [3.8, 4) is 5.75 Å². The number of cyclic esters (lactones) is 1. The number of carbonyl (C=O) groups is 2. The first-order chi connectivity index (χ1) is 15.2. The van der Waals surface area contributed by atoms with Gasteiger partial charge in [-0.2, -0.15) is 0 Å². The molecule has 0 bridgehead atoms. The van der Waals surface area contributed by atoms with E-state index in [9.17, 15) is 23.9 Å². The molecule has 2 N–H and O–H groups in total. The molecule has 10 nitrogen and oxygen atoms in total. The van der Waals surface area contributed by atoms with E-state index in [1.165, 1.54) is 27.7 Å². The Balaban J connectivity index is 1.63. The molecule has 2 aliphatic heterocycles. The van der Waals surface area contributed by atoms with E-state index in [1.54, 1.807) is 13.8 Å². The Morgan fingerprint density at radius 2 is 2.06 bits per heavy atom. The summed E-state index contributed by atoms with van der Waals surface area (Å²) in [6.45, 7) is 4.51. The Bertz CT molecular complexity index is 1150. The minimum absolute atomic E-state index is 0.0995. The second-order valence-electron chi connectivity index (χ2n) is 8.02. The fourth-order valence-corrected chi connectivity index (χ4v) is 3.79. The Hall–Kier alpha value is -3.47. The number of aromatic nitrogens is 2. The van der Waals surface area contributed by atoms with Gasteiger partial charge in [0.25, 0.3) is 11.5 Å². The number of fused-ring (bicyclic) bond motifs is 1. The van der Waals surface area contributed by atoms with E-state index in [1.807, 2.05) is 0 Å². The van der Waals surface area contributed by atoms with Crippen LogP contribution in [0.25, 0.3) is 0 Å². The maximum atomic E-state index is 13.8. The van der Waals surface area contributed by atoms with Gasteiger partial charge in [-0.05, 0) is 38.0 Å². The van der Waals surface area contributed by atoms with E-state index in [-0.39, 0.29) is 31.2 Å². The summed E-state index contributed by atoms with van der Waals surface area (Å²) < 4.78 is 25.8. The number of carbonyl (C=O) groups excluding carboxylic acids is 2. The minimum Gasteiger partial charge on any atom is -0.501 e. The standard InChI is InChI=1S/C21H23FN4O6/c1-21(2)19-24-15(16(27)18(29)26(19)6-3-8-32-21)17(28)23-11-12-4-5-13(22)10-14(12)25-7-9-31-20(25)30/h4-5,10,27H,3,6-9,11H2,1-2H3,(H,23,28). The van der Waals surface area contributed by atoms with Crippen LogP contribution >= 0.6 is 0 Å². The van der Waals surface area contributed by atoms with Gasteiger partial charge in [0.1, 0.15) is 23.8 Å². The number of nitrogens with zero attached hydrogens (tertiary/aromatic N) is 3. The summed E-state index contributed by atoms with van der Waals surface area (Å²) in [5.74, 6) is -1.85. The molecule has 1 saturated heterocycles. The first-order valence-electron chi connectivity index (χ1n) is 10.2. The highest BCUT2D eigenvalue weighted by Crippen LogP contribution is 2.28.